The van der Waals surface area contributed by atoms with Crippen LogP contribution in [0.3, 0.4) is 0 Å². The molecule has 14 heteroatoms. The van der Waals surface area contributed by atoms with Crippen molar-refractivity contribution in [1.82, 2.24) is 19.7 Å². The van der Waals surface area contributed by atoms with Crippen LogP contribution in [0.5, 0.6) is 11.5 Å². The number of halogens is 2. The molecule has 0 aliphatic carbocycles. The third-order valence-corrected chi connectivity index (χ3v) is 7.10. The molecule has 12 nitrogen and oxygen atoms in total. The number of rotatable bonds is 7. The van der Waals surface area contributed by atoms with Crippen molar-refractivity contribution in [3.05, 3.63) is 86.8 Å². The number of pyridine rings is 1. The Labute approximate surface area is 243 Å². The maximum Gasteiger partial charge on any atom is 0.324 e. The molecular weight excluding hydrogens is 573 g/mol. The lowest BCUT2D eigenvalue weighted by atomic mass is 10.2. The Morgan fingerprint density at radius 1 is 0.976 bits per heavy atom. The number of nitrogens with zero attached hydrogens (tertiary/aromatic N) is 3. The van der Waals surface area contributed by atoms with E-state index in [-0.39, 0.29) is 39.9 Å². The molecule has 4 aromatic rings. The van der Waals surface area contributed by atoms with Crippen LogP contribution >= 0.6 is 23.2 Å². The Balaban J connectivity index is 1.25. The highest BCUT2D eigenvalue weighted by Crippen LogP contribution is 2.39. The summed E-state index contributed by atoms with van der Waals surface area (Å²) in [5.41, 5.74) is 1.04. The molecule has 1 fully saturated rings. The van der Waals surface area contributed by atoms with Crippen LogP contribution in [0, 0.1) is 0 Å². The van der Waals surface area contributed by atoms with Crippen LogP contribution in [-0.2, 0) is 6.61 Å². The van der Waals surface area contributed by atoms with E-state index in [9.17, 15) is 19.5 Å². The molecule has 0 spiro atoms. The fraction of sp³-hybridized carbons (Fsp3) is 0.185. The number of ether oxygens (including phenoxy) is 1. The zero-order valence-electron chi connectivity index (χ0n) is 21.5. The second-order valence-electron chi connectivity index (χ2n) is 9.09. The maximum atomic E-state index is 12.8. The monoisotopic (exact) mass is 597 g/mol. The first kappa shape index (κ1) is 28.0. The number of carbonyl (C=O) groups is 2. The van der Waals surface area contributed by atoms with Crippen LogP contribution in [0.2, 0.25) is 10.0 Å². The fourth-order valence-corrected chi connectivity index (χ4v) is 4.60. The van der Waals surface area contributed by atoms with Gasteiger partial charge in [0.05, 0.1) is 23.0 Å². The Morgan fingerprint density at radius 2 is 1.73 bits per heavy atom. The quantitative estimate of drug-likeness (QED) is 0.191. The molecule has 0 bridgehead atoms. The lowest BCUT2D eigenvalue weighted by molar-refractivity contribution is 0.222. The van der Waals surface area contributed by atoms with Gasteiger partial charge in [-0.3, -0.25) is 20.5 Å². The lowest BCUT2D eigenvalue weighted by Crippen LogP contribution is -2.32. The van der Waals surface area contributed by atoms with E-state index in [1.165, 1.54) is 29.1 Å². The number of benzene rings is 2. The normalized spacial score (nSPS) is 12.7. The number of anilines is 3. The van der Waals surface area contributed by atoms with Gasteiger partial charge >= 0.3 is 12.1 Å². The highest BCUT2D eigenvalue weighted by atomic mass is 35.5. The predicted octanol–water partition coefficient (Wildman–Crippen LogP) is 5.42. The lowest BCUT2D eigenvalue weighted by Gasteiger charge is -2.16. The number of carbonyl (C=O) groups excluding carboxylic acids is 2. The van der Waals surface area contributed by atoms with E-state index in [0.717, 1.165) is 12.8 Å². The van der Waals surface area contributed by atoms with Gasteiger partial charge in [0, 0.05) is 31.4 Å². The zero-order chi connectivity index (χ0) is 28.9. The van der Waals surface area contributed by atoms with Crippen molar-refractivity contribution in [2.24, 2.45) is 0 Å². The molecule has 2 aromatic carbocycles. The second-order valence-corrected chi connectivity index (χ2v) is 9.84. The summed E-state index contributed by atoms with van der Waals surface area (Å²) < 4.78 is 7.26. The van der Waals surface area contributed by atoms with E-state index in [1.807, 2.05) is 0 Å². The first-order valence-corrected chi connectivity index (χ1v) is 13.3. The smallest absolute Gasteiger partial charge is 0.324 e. The molecule has 1 saturated heterocycles. The Hall–Kier alpha value is -4.52. The Bertz CT molecular complexity index is 1630. The molecule has 41 heavy (non-hydrogen) atoms. The highest BCUT2D eigenvalue weighted by molar-refractivity contribution is 6.45. The molecule has 212 valence electrons. The molecule has 1 aliphatic rings. The van der Waals surface area contributed by atoms with Gasteiger partial charge in [0.2, 0.25) is 0 Å². The van der Waals surface area contributed by atoms with E-state index in [2.05, 4.69) is 26.0 Å². The molecule has 0 radical (unpaired) electrons. The second kappa shape index (κ2) is 12.3. The van der Waals surface area contributed by atoms with Gasteiger partial charge < -0.3 is 20.1 Å². The number of amides is 4. The molecule has 0 unspecified atom stereocenters. The number of nitrogens with one attached hydrogen (secondary N) is 4. The summed E-state index contributed by atoms with van der Waals surface area (Å²) in [6.45, 7) is 1.29. The molecule has 0 atom stereocenters. The van der Waals surface area contributed by atoms with E-state index in [0.29, 0.717) is 35.9 Å². The number of aromatic amines is 1. The van der Waals surface area contributed by atoms with Gasteiger partial charge in [-0.2, -0.15) is 0 Å². The van der Waals surface area contributed by atoms with Gasteiger partial charge in [-0.25, -0.2) is 19.3 Å². The molecule has 3 heterocycles. The third-order valence-electron chi connectivity index (χ3n) is 6.23. The minimum atomic E-state index is -0.677. The Morgan fingerprint density at radius 3 is 2.46 bits per heavy atom. The van der Waals surface area contributed by atoms with E-state index >= 15 is 0 Å². The van der Waals surface area contributed by atoms with E-state index in [1.54, 1.807) is 41.3 Å². The van der Waals surface area contributed by atoms with Crippen LogP contribution in [-0.4, -0.2) is 49.9 Å². The molecule has 0 saturated carbocycles. The average Bonchev–Trinajstić information content (AvgIpc) is 3.63. The highest BCUT2D eigenvalue weighted by Gasteiger charge is 2.19. The van der Waals surface area contributed by atoms with Crippen molar-refractivity contribution >= 4 is 52.6 Å². The van der Waals surface area contributed by atoms with Gasteiger partial charge in [0.25, 0.3) is 5.56 Å². The zero-order valence-corrected chi connectivity index (χ0v) is 23.0. The topological polar surface area (TPSA) is 154 Å². The largest absolute Gasteiger partial charge is 0.456 e. The minimum absolute atomic E-state index is 0.0296. The van der Waals surface area contributed by atoms with Gasteiger partial charge in [-0.1, -0.05) is 35.3 Å². The molecule has 1 aliphatic heterocycles. The summed E-state index contributed by atoms with van der Waals surface area (Å²) in [7, 11) is 0. The number of aliphatic hydroxyl groups excluding tert-OH is 1. The summed E-state index contributed by atoms with van der Waals surface area (Å²) >= 11 is 12.9. The first-order valence-electron chi connectivity index (χ1n) is 12.6. The number of likely N-dealkylation sites (tertiary alicyclic amines) is 1. The average molecular weight is 598 g/mol. The SMILES string of the molecule is O=C(Nc1ccc(Oc2ccnc(NC(=O)N3CCCC3)c2)c(Cl)c1Cl)Nc1cc(=O)[nH]n1-c1ccc(CO)cc1. The molecule has 5 N–H and O–H groups in total. The van der Waals surface area contributed by atoms with Crippen molar-refractivity contribution in [2.75, 3.05) is 29.0 Å². The van der Waals surface area contributed by atoms with E-state index in [4.69, 9.17) is 27.9 Å². The standard InChI is InChI=1S/C27H25Cl2N7O5/c28-24-19(31-26(39)33-22-14-23(38)34-36(22)17-5-3-16(15-37)4-6-17)7-8-20(25(24)29)41-18-9-10-30-21(13-18)32-27(40)35-11-1-2-12-35/h3-10,13-14,37H,1-2,11-12,15H2,(H,34,38)(H,30,32,40)(H2,31,33,39). The van der Waals surface area contributed by atoms with Crippen molar-refractivity contribution in [3.63, 3.8) is 0 Å². The van der Waals surface area contributed by atoms with Gasteiger partial charge in [-0.15, -0.1) is 0 Å². The van der Waals surface area contributed by atoms with Gasteiger partial charge in [-0.05, 0) is 48.7 Å². The van der Waals surface area contributed by atoms with Crippen molar-refractivity contribution in [1.29, 1.82) is 0 Å². The summed E-state index contributed by atoms with van der Waals surface area (Å²) in [4.78, 5) is 43.0. The number of aliphatic hydroxyl groups is 1. The summed E-state index contributed by atoms with van der Waals surface area (Å²) in [6, 6.07) is 13.3. The van der Waals surface area contributed by atoms with Crippen molar-refractivity contribution in [3.8, 4) is 17.2 Å². The summed E-state index contributed by atoms with van der Waals surface area (Å²) in [5.74, 6) is 1.09. The van der Waals surface area contributed by atoms with Crippen LogP contribution in [0.1, 0.15) is 18.4 Å². The van der Waals surface area contributed by atoms with Crippen molar-refractivity contribution in [2.45, 2.75) is 19.4 Å². The number of hydrogen-bond donors (Lipinski definition) is 5. The van der Waals surface area contributed by atoms with E-state index < -0.39 is 11.6 Å². The number of hydrogen-bond acceptors (Lipinski definition) is 6. The summed E-state index contributed by atoms with van der Waals surface area (Å²) in [6.07, 6.45) is 3.44. The molecule has 2 aromatic heterocycles. The molecular formula is C27H25Cl2N7O5. The molecule has 4 amide bonds. The van der Waals surface area contributed by atoms with Crippen LogP contribution in [0.25, 0.3) is 5.69 Å². The number of urea groups is 2. The van der Waals surface area contributed by atoms with Crippen molar-refractivity contribution < 1.29 is 19.4 Å². The van der Waals surface area contributed by atoms with Crippen LogP contribution in [0.15, 0.2) is 65.6 Å². The van der Waals surface area contributed by atoms with Crippen LogP contribution in [0.4, 0.5) is 26.9 Å². The predicted molar refractivity (Wildman–Crippen MR) is 156 cm³/mol. The molecule has 5 rings (SSSR count). The van der Waals surface area contributed by atoms with Crippen LogP contribution < -0.4 is 26.2 Å². The summed E-state index contributed by atoms with van der Waals surface area (Å²) in [5, 5.41) is 19.9. The van der Waals surface area contributed by atoms with Gasteiger partial charge in [0.1, 0.15) is 28.2 Å². The minimum Gasteiger partial charge on any atom is -0.456 e. The maximum absolute atomic E-state index is 12.8. The van der Waals surface area contributed by atoms with Gasteiger partial charge in [0.15, 0.2) is 0 Å². The third kappa shape index (κ3) is 6.62. The number of aromatic nitrogens is 3. The number of H-pyrrole nitrogens is 1. The fourth-order valence-electron chi connectivity index (χ4n) is 4.19. The first-order chi connectivity index (χ1) is 19.8. The Kier molecular flexibility index (Phi) is 8.43.